The normalized spacial score (nSPS) is 13.1. The van der Waals surface area contributed by atoms with E-state index in [9.17, 15) is 0 Å². The highest BCUT2D eigenvalue weighted by Crippen LogP contribution is 2.23. The summed E-state index contributed by atoms with van der Waals surface area (Å²) in [5.41, 5.74) is 2.60. The summed E-state index contributed by atoms with van der Waals surface area (Å²) in [7, 11) is 0. The molecule has 2 heteroatoms. The summed E-state index contributed by atoms with van der Waals surface area (Å²) in [6.07, 6.45) is 1.30. The Morgan fingerprint density at radius 2 is 1.94 bits per heavy atom. The largest absolute Gasteiger partial charge is 0.373 e. The van der Waals surface area contributed by atoms with E-state index in [4.69, 9.17) is 4.74 Å². The van der Waals surface area contributed by atoms with Crippen molar-refractivity contribution >= 4 is 15.9 Å². The van der Waals surface area contributed by atoms with Crippen molar-refractivity contribution in [1.29, 1.82) is 0 Å². The quantitative estimate of drug-likeness (QED) is 0.699. The molecule has 0 saturated carbocycles. The number of ether oxygens (including phenoxy) is 1. The summed E-state index contributed by atoms with van der Waals surface area (Å²) in [5, 5.41) is 0.857. The Morgan fingerprint density at radius 1 is 1.25 bits per heavy atom. The van der Waals surface area contributed by atoms with E-state index in [1.165, 1.54) is 11.1 Å². The highest BCUT2D eigenvalue weighted by Gasteiger charge is 2.12. The molecule has 0 aliphatic carbocycles. The van der Waals surface area contributed by atoms with Crippen molar-refractivity contribution in [2.24, 2.45) is 5.92 Å². The standard InChI is InChI=1S/C14H21BrO/c1-11(2)8-9-16-14(10-15)13-7-5-4-6-12(13)3/h4-7,11,14H,8-10H2,1-3H3. The summed E-state index contributed by atoms with van der Waals surface area (Å²) < 4.78 is 5.92. The number of hydrogen-bond donors (Lipinski definition) is 0. The smallest absolute Gasteiger partial charge is 0.0924 e. The van der Waals surface area contributed by atoms with Crippen molar-refractivity contribution in [3.05, 3.63) is 35.4 Å². The average Bonchev–Trinajstić information content (AvgIpc) is 2.25. The molecule has 16 heavy (non-hydrogen) atoms. The monoisotopic (exact) mass is 284 g/mol. The highest BCUT2D eigenvalue weighted by atomic mass is 79.9. The highest BCUT2D eigenvalue weighted by molar-refractivity contribution is 9.09. The molecule has 0 N–H and O–H groups in total. The van der Waals surface area contributed by atoms with E-state index < -0.39 is 0 Å². The summed E-state index contributed by atoms with van der Waals surface area (Å²) in [4.78, 5) is 0. The Balaban J connectivity index is 2.57. The van der Waals surface area contributed by atoms with Crippen LogP contribution in [0.1, 0.15) is 37.5 Å². The van der Waals surface area contributed by atoms with Crippen molar-refractivity contribution < 1.29 is 4.74 Å². The van der Waals surface area contributed by atoms with Crippen molar-refractivity contribution in [2.45, 2.75) is 33.3 Å². The number of aryl methyl sites for hydroxylation is 1. The molecular weight excluding hydrogens is 264 g/mol. The van der Waals surface area contributed by atoms with Gasteiger partial charge < -0.3 is 4.74 Å². The van der Waals surface area contributed by atoms with Crippen LogP contribution in [0.15, 0.2) is 24.3 Å². The van der Waals surface area contributed by atoms with Crippen molar-refractivity contribution in [1.82, 2.24) is 0 Å². The fourth-order valence-electron chi connectivity index (χ4n) is 1.61. The minimum Gasteiger partial charge on any atom is -0.373 e. The molecule has 0 spiro atoms. The second-order valence-electron chi connectivity index (χ2n) is 4.55. The molecule has 0 heterocycles. The first kappa shape index (κ1) is 13.7. The zero-order chi connectivity index (χ0) is 12.0. The lowest BCUT2D eigenvalue weighted by Gasteiger charge is -2.18. The van der Waals surface area contributed by atoms with Gasteiger partial charge in [0.05, 0.1) is 6.10 Å². The molecule has 1 unspecified atom stereocenters. The van der Waals surface area contributed by atoms with E-state index in [-0.39, 0.29) is 6.10 Å². The van der Waals surface area contributed by atoms with Gasteiger partial charge in [0.2, 0.25) is 0 Å². The van der Waals surface area contributed by atoms with Gasteiger partial charge in [-0.05, 0) is 30.4 Å². The molecule has 1 atom stereocenters. The van der Waals surface area contributed by atoms with Gasteiger partial charge in [0.1, 0.15) is 0 Å². The molecule has 0 saturated heterocycles. The van der Waals surface area contributed by atoms with Crippen LogP contribution in [0.25, 0.3) is 0 Å². The maximum absolute atomic E-state index is 5.92. The molecule has 0 bridgehead atoms. The first-order valence-electron chi connectivity index (χ1n) is 5.88. The zero-order valence-electron chi connectivity index (χ0n) is 10.4. The third-order valence-electron chi connectivity index (χ3n) is 2.69. The zero-order valence-corrected chi connectivity index (χ0v) is 12.0. The van der Waals surface area contributed by atoms with E-state index in [0.717, 1.165) is 18.4 Å². The predicted octanol–water partition coefficient (Wildman–Crippen LogP) is 4.49. The maximum atomic E-state index is 5.92. The first-order valence-corrected chi connectivity index (χ1v) is 7.00. The van der Waals surface area contributed by atoms with Gasteiger partial charge in [0, 0.05) is 11.9 Å². The predicted molar refractivity (Wildman–Crippen MR) is 73.1 cm³/mol. The second kappa shape index (κ2) is 7.08. The molecule has 0 aliphatic rings. The van der Waals surface area contributed by atoms with Gasteiger partial charge in [-0.25, -0.2) is 0 Å². The first-order chi connectivity index (χ1) is 7.65. The van der Waals surface area contributed by atoms with Crippen LogP contribution in [0.5, 0.6) is 0 Å². The molecule has 1 rings (SSSR count). The molecule has 0 aromatic heterocycles. The summed E-state index contributed by atoms with van der Waals surface area (Å²) >= 11 is 3.53. The van der Waals surface area contributed by atoms with Gasteiger partial charge in [0.15, 0.2) is 0 Å². The van der Waals surface area contributed by atoms with E-state index in [0.29, 0.717) is 5.92 Å². The molecule has 0 fully saturated rings. The topological polar surface area (TPSA) is 9.23 Å². The van der Waals surface area contributed by atoms with E-state index in [1.54, 1.807) is 0 Å². The van der Waals surface area contributed by atoms with Gasteiger partial charge in [-0.3, -0.25) is 0 Å². The van der Waals surface area contributed by atoms with Crippen LogP contribution in [-0.4, -0.2) is 11.9 Å². The van der Waals surface area contributed by atoms with Crippen LogP contribution in [0.2, 0.25) is 0 Å². The van der Waals surface area contributed by atoms with Crippen molar-refractivity contribution in [2.75, 3.05) is 11.9 Å². The van der Waals surface area contributed by atoms with E-state index in [1.807, 2.05) is 0 Å². The molecule has 0 radical (unpaired) electrons. The number of rotatable bonds is 6. The summed E-state index contributed by atoms with van der Waals surface area (Å²) in [5.74, 6) is 0.702. The van der Waals surface area contributed by atoms with Crippen LogP contribution >= 0.6 is 15.9 Å². The van der Waals surface area contributed by atoms with Crippen molar-refractivity contribution in [3.63, 3.8) is 0 Å². The molecule has 1 aromatic rings. The Kier molecular flexibility index (Phi) is 6.07. The Hall–Kier alpha value is -0.340. The maximum Gasteiger partial charge on any atom is 0.0924 e. The SMILES string of the molecule is Cc1ccccc1C(CBr)OCCC(C)C. The lowest BCUT2D eigenvalue weighted by molar-refractivity contribution is 0.0618. The molecule has 0 aliphatic heterocycles. The minimum absolute atomic E-state index is 0.181. The van der Waals surface area contributed by atoms with Crippen LogP contribution in [0.4, 0.5) is 0 Å². The minimum atomic E-state index is 0.181. The Morgan fingerprint density at radius 3 is 2.50 bits per heavy atom. The lowest BCUT2D eigenvalue weighted by atomic mass is 10.0. The van der Waals surface area contributed by atoms with Crippen LogP contribution in [0.3, 0.4) is 0 Å². The summed E-state index contributed by atoms with van der Waals surface area (Å²) in [6.45, 7) is 7.42. The third kappa shape index (κ3) is 4.26. The van der Waals surface area contributed by atoms with Gasteiger partial charge in [-0.2, -0.15) is 0 Å². The van der Waals surface area contributed by atoms with Crippen LogP contribution < -0.4 is 0 Å². The second-order valence-corrected chi connectivity index (χ2v) is 5.20. The Bertz CT molecular complexity index is 309. The van der Waals surface area contributed by atoms with E-state index >= 15 is 0 Å². The summed E-state index contributed by atoms with van der Waals surface area (Å²) in [6, 6.07) is 8.43. The number of benzene rings is 1. The van der Waals surface area contributed by atoms with E-state index in [2.05, 4.69) is 61.0 Å². The van der Waals surface area contributed by atoms with Gasteiger partial charge in [-0.1, -0.05) is 54.0 Å². The molecule has 0 amide bonds. The van der Waals surface area contributed by atoms with Crippen molar-refractivity contribution in [3.8, 4) is 0 Å². The van der Waals surface area contributed by atoms with Crippen LogP contribution in [-0.2, 0) is 4.74 Å². The lowest BCUT2D eigenvalue weighted by Crippen LogP contribution is -2.09. The molecule has 1 aromatic carbocycles. The van der Waals surface area contributed by atoms with Gasteiger partial charge >= 0.3 is 0 Å². The Labute approximate surface area is 107 Å². The average molecular weight is 285 g/mol. The van der Waals surface area contributed by atoms with Crippen LogP contribution in [0, 0.1) is 12.8 Å². The molecule has 1 nitrogen and oxygen atoms in total. The number of halogens is 1. The van der Waals surface area contributed by atoms with Gasteiger partial charge in [-0.15, -0.1) is 0 Å². The fourth-order valence-corrected chi connectivity index (χ4v) is 2.15. The number of alkyl halides is 1. The fraction of sp³-hybridized carbons (Fsp3) is 0.571. The molecular formula is C14H21BrO. The third-order valence-corrected chi connectivity index (χ3v) is 3.28. The van der Waals surface area contributed by atoms with Gasteiger partial charge in [0.25, 0.3) is 0 Å². The molecule has 90 valence electrons. The number of hydrogen-bond acceptors (Lipinski definition) is 1.